The minimum absolute atomic E-state index is 0.106. The second-order valence-corrected chi connectivity index (χ2v) is 6.15. The molecule has 3 aromatic rings. The molecule has 1 amide bonds. The molecule has 0 spiro atoms. The Kier molecular flexibility index (Phi) is 4.28. The molecule has 1 fully saturated rings. The molecule has 1 aliphatic heterocycles. The van der Waals surface area contributed by atoms with E-state index < -0.39 is 0 Å². The molecule has 128 valence electrons. The first-order valence-corrected chi connectivity index (χ1v) is 8.53. The molecule has 25 heavy (non-hydrogen) atoms. The van der Waals surface area contributed by atoms with Crippen molar-refractivity contribution in [1.29, 1.82) is 0 Å². The van der Waals surface area contributed by atoms with Crippen LogP contribution < -0.4 is 4.90 Å². The lowest BCUT2D eigenvalue weighted by molar-refractivity contribution is -0.130. The maximum Gasteiger partial charge on any atom is 0.230 e. The number of nitrogens with one attached hydrogen (secondary N) is 1. The van der Waals surface area contributed by atoms with Crippen LogP contribution in [0.15, 0.2) is 42.7 Å². The molecule has 2 aromatic heterocycles. The van der Waals surface area contributed by atoms with E-state index in [1.807, 2.05) is 35.2 Å². The predicted molar refractivity (Wildman–Crippen MR) is 95.2 cm³/mol. The Bertz CT molecular complexity index is 829. The first-order valence-electron chi connectivity index (χ1n) is 8.53. The fraction of sp³-hybridized carbons (Fsp3) is 0.333. The highest BCUT2D eigenvalue weighted by Crippen LogP contribution is 2.13. The SMILES string of the molecule is O=C(Cc1nc2ccccc2[nH]1)N1CCCN(c2ncccn2)CC1. The Morgan fingerprint density at radius 1 is 1.04 bits per heavy atom. The van der Waals surface area contributed by atoms with Gasteiger partial charge in [0, 0.05) is 38.6 Å². The highest BCUT2D eigenvalue weighted by Gasteiger charge is 2.21. The van der Waals surface area contributed by atoms with Crippen molar-refractivity contribution in [2.24, 2.45) is 0 Å². The number of carbonyl (C=O) groups is 1. The van der Waals surface area contributed by atoms with Gasteiger partial charge in [0.1, 0.15) is 5.82 Å². The molecule has 0 unspecified atom stereocenters. The van der Waals surface area contributed by atoms with Crippen molar-refractivity contribution in [3.63, 3.8) is 0 Å². The Morgan fingerprint density at radius 3 is 2.72 bits per heavy atom. The van der Waals surface area contributed by atoms with Crippen molar-refractivity contribution in [2.75, 3.05) is 31.1 Å². The molecule has 0 bridgehead atoms. The van der Waals surface area contributed by atoms with E-state index in [4.69, 9.17) is 0 Å². The topological polar surface area (TPSA) is 78.0 Å². The molecule has 1 aromatic carbocycles. The molecule has 1 aliphatic rings. The third-order valence-corrected chi connectivity index (χ3v) is 4.44. The Balaban J connectivity index is 1.40. The summed E-state index contributed by atoms with van der Waals surface area (Å²) in [6.45, 7) is 3.04. The third kappa shape index (κ3) is 3.45. The summed E-state index contributed by atoms with van der Waals surface area (Å²) < 4.78 is 0. The summed E-state index contributed by atoms with van der Waals surface area (Å²) in [5.74, 6) is 1.56. The van der Waals surface area contributed by atoms with E-state index in [1.165, 1.54) is 0 Å². The number of H-pyrrole nitrogens is 1. The van der Waals surface area contributed by atoms with E-state index in [-0.39, 0.29) is 5.91 Å². The van der Waals surface area contributed by atoms with Crippen molar-refractivity contribution < 1.29 is 4.79 Å². The lowest BCUT2D eigenvalue weighted by Crippen LogP contribution is -2.36. The van der Waals surface area contributed by atoms with Gasteiger partial charge in [-0.2, -0.15) is 0 Å². The van der Waals surface area contributed by atoms with Gasteiger partial charge in [-0.3, -0.25) is 4.79 Å². The molecular weight excluding hydrogens is 316 g/mol. The summed E-state index contributed by atoms with van der Waals surface area (Å²) in [6.07, 6.45) is 4.70. The van der Waals surface area contributed by atoms with E-state index in [1.54, 1.807) is 12.4 Å². The number of aromatic amines is 1. The van der Waals surface area contributed by atoms with E-state index in [0.717, 1.165) is 48.9 Å². The summed E-state index contributed by atoms with van der Waals surface area (Å²) in [7, 11) is 0. The average molecular weight is 336 g/mol. The summed E-state index contributed by atoms with van der Waals surface area (Å²) in [6, 6.07) is 9.64. The van der Waals surface area contributed by atoms with Crippen molar-refractivity contribution in [1.82, 2.24) is 24.8 Å². The number of fused-ring (bicyclic) bond motifs is 1. The van der Waals surface area contributed by atoms with Crippen molar-refractivity contribution in [2.45, 2.75) is 12.8 Å². The van der Waals surface area contributed by atoms with Gasteiger partial charge in [-0.05, 0) is 24.6 Å². The molecule has 0 radical (unpaired) electrons. The van der Waals surface area contributed by atoms with Crippen molar-refractivity contribution in [3.05, 3.63) is 48.5 Å². The van der Waals surface area contributed by atoms with Gasteiger partial charge in [0.25, 0.3) is 0 Å². The number of para-hydroxylation sites is 2. The zero-order valence-corrected chi connectivity index (χ0v) is 13.9. The minimum Gasteiger partial charge on any atom is -0.342 e. The first kappa shape index (κ1) is 15.6. The van der Waals surface area contributed by atoms with E-state index in [9.17, 15) is 4.79 Å². The zero-order chi connectivity index (χ0) is 17.1. The highest BCUT2D eigenvalue weighted by molar-refractivity contribution is 5.80. The fourth-order valence-corrected chi connectivity index (χ4v) is 3.17. The van der Waals surface area contributed by atoms with Crippen LogP contribution in [-0.2, 0) is 11.2 Å². The Morgan fingerprint density at radius 2 is 1.88 bits per heavy atom. The molecule has 1 N–H and O–H groups in total. The van der Waals surface area contributed by atoms with Gasteiger partial charge < -0.3 is 14.8 Å². The summed E-state index contributed by atoms with van der Waals surface area (Å²) in [4.78, 5) is 33.0. The lowest BCUT2D eigenvalue weighted by atomic mass is 10.3. The summed E-state index contributed by atoms with van der Waals surface area (Å²) in [5, 5.41) is 0. The molecule has 3 heterocycles. The number of carbonyl (C=O) groups excluding carboxylic acids is 1. The van der Waals surface area contributed by atoms with E-state index in [2.05, 4.69) is 24.8 Å². The zero-order valence-electron chi connectivity index (χ0n) is 13.9. The first-order chi connectivity index (χ1) is 12.3. The van der Waals surface area contributed by atoms with E-state index in [0.29, 0.717) is 13.0 Å². The van der Waals surface area contributed by atoms with Gasteiger partial charge in [-0.15, -0.1) is 0 Å². The smallest absolute Gasteiger partial charge is 0.230 e. The number of benzene rings is 1. The monoisotopic (exact) mass is 336 g/mol. The number of amides is 1. The van der Waals surface area contributed by atoms with Crippen LogP contribution in [0.1, 0.15) is 12.2 Å². The van der Waals surface area contributed by atoms with Crippen LogP contribution in [0.5, 0.6) is 0 Å². The minimum atomic E-state index is 0.106. The van der Waals surface area contributed by atoms with Crippen LogP contribution in [0.25, 0.3) is 11.0 Å². The second-order valence-electron chi connectivity index (χ2n) is 6.15. The Hall–Kier alpha value is -2.96. The fourth-order valence-electron chi connectivity index (χ4n) is 3.17. The normalized spacial score (nSPS) is 15.4. The Labute approximate surface area is 145 Å². The molecule has 0 atom stereocenters. The van der Waals surface area contributed by atoms with Gasteiger partial charge in [0.05, 0.1) is 17.5 Å². The van der Waals surface area contributed by atoms with Crippen molar-refractivity contribution >= 4 is 22.9 Å². The third-order valence-electron chi connectivity index (χ3n) is 4.44. The highest BCUT2D eigenvalue weighted by atomic mass is 16.2. The van der Waals surface area contributed by atoms with Gasteiger partial charge in [0.15, 0.2) is 0 Å². The predicted octanol–water partition coefficient (Wildman–Crippen LogP) is 1.63. The number of anilines is 1. The van der Waals surface area contributed by atoms with Gasteiger partial charge in [-0.1, -0.05) is 12.1 Å². The van der Waals surface area contributed by atoms with Crippen LogP contribution in [-0.4, -0.2) is 56.9 Å². The van der Waals surface area contributed by atoms with Crippen LogP contribution in [0.4, 0.5) is 5.95 Å². The summed E-state index contributed by atoms with van der Waals surface area (Å²) in [5.41, 5.74) is 1.86. The van der Waals surface area contributed by atoms with Gasteiger partial charge >= 0.3 is 0 Å². The van der Waals surface area contributed by atoms with Crippen molar-refractivity contribution in [3.8, 4) is 0 Å². The van der Waals surface area contributed by atoms with Crippen LogP contribution >= 0.6 is 0 Å². The molecule has 7 heteroatoms. The quantitative estimate of drug-likeness (QED) is 0.787. The number of aromatic nitrogens is 4. The molecule has 1 saturated heterocycles. The second kappa shape index (κ2) is 6.88. The number of hydrogen-bond acceptors (Lipinski definition) is 5. The number of imidazole rings is 1. The standard InChI is InChI=1S/C18H20N6O/c25-17(13-16-21-14-5-1-2-6-15(14)22-16)23-9-4-10-24(12-11-23)18-19-7-3-8-20-18/h1-3,5-8H,4,9-13H2,(H,21,22). The molecule has 4 rings (SSSR count). The lowest BCUT2D eigenvalue weighted by Gasteiger charge is -2.21. The molecule has 7 nitrogen and oxygen atoms in total. The van der Waals surface area contributed by atoms with Crippen LogP contribution in [0.3, 0.4) is 0 Å². The average Bonchev–Trinajstić information content (AvgIpc) is 2.88. The largest absolute Gasteiger partial charge is 0.342 e. The van der Waals surface area contributed by atoms with E-state index >= 15 is 0 Å². The number of rotatable bonds is 3. The molecular formula is C18H20N6O. The molecule has 0 saturated carbocycles. The van der Waals surface area contributed by atoms with Crippen LogP contribution in [0, 0.1) is 0 Å². The summed E-state index contributed by atoms with van der Waals surface area (Å²) >= 11 is 0. The number of nitrogens with zero attached hydrogens (tertiary/aromatic N) is 5. The maximum absolute atomic E-state index is 12.7. The van der Waals surface area contributed by atoms with Gasteiger partial charge in [0.2, 0.25) is 11.9 Å². The number of hydrogen-bond donors (Lipinski definition) is 1. The molecule has 0 aliphatic carbocycles. The van der Waals surface area contributed by atoms with Crippen LogP contribution in [0.2, 0.25) is 0 Å². The maximum atomic E-state index is 12.7. The van der Waals surface area contributed by atoms with Gasteiger partial charge in [-0.25, -0.2) is 15.0 Å².